The molecule has 0 aliphatic carbocycles. The third kappa shape index (κ3) is 3.43. The van der Waals surface area contributed by atoms with Gasteiger partial charge in [0.15, 0.2) is 0 Å². The predicted octanol–water partition coefficient (Wildman–Crippen LogP) is 4.03. The predicted molar refractivity (Wildman–Crippen MR) is 98.6 cm³/mol. The van der Waals surface area contributed by atoms with Crippen molar-refractivity contribution in [2.75, 3.05) is 0 Å². The van der Waals surface area contributed by atoms with Crippen LogP contribution in [0, 0.1) is 0 Å². The summed E-state index contributed by atoms with van der Waals surface area (Å²) in [5.74, 6) is 0. The minimum Gasteiger partial charge on any atom is -0.294 e. The molecule has 1 heterocycles. The summed E-state index contributed by atoms with van der Waals surface area (Å²) in [5, 5.41) is 3.20. The van der Waals surface area contributed by atoms with Gasteiger partial charge < -0.3 is 0 Å². The van der Waals surface area contributed by atoms with Gasteiger partial charge in [0.05, 0.1) is 16.9 Å². The van der Waals surface area contributed by atoms with Gasteiger partial charge in [0.2, 0.25) is 0 Å². The van der Waals surface area contributed by atoms with E-state index in [1.54, 1.807) is 10.9 Å². The van der Waals surface area contributed by atoms with Crippen molar-refractivity contribution < 1.29 is 0 Å². The molecule has 0 atom stereocenters. The number of aryl methyl sites for hydroxylation is 1. The average molecular weight is 317 g/mol. The Bertz CT molecular complexity index is 890. The summed E-state index contributed by atoms with van der Waals surface area (Å²) in [6, 6.07) is 19.1. The Morgan fingerprint density at radius 3 is 2.38 bits per heavy atom. The first-order chi connectivity index (χ1) is 11.8. The molecule has 0 saturated carbocycles. The molecule has 1 N–H and O–H groups in total. The van der Waals surface area contributed by atoms with Gasteiger partial charge in [-0.25, -0.2) is 4.68 Å². The second-order valence-electron chi connectivity index (χ2n) is 5.40. The van der Waals surface area contributed by atoms with Crippen LogP contribution < -0.4 is 5.56 Å². The average Bonchev–Trinajstić information content (AvgIpc) is 2.95. The van der Waals surface area contributed by atoms with E-state index >= 15 is 0 Å². The van der Waals surface area contributed by atoms with Crippen molar-refractivity contribution in [3.05, 3.63) is 94.9 Å². The van der Waals surface area contributed by atoms with Crippen LogP contribution in [0.15, 0.2) is 83.1 Å². The third-order valence-corrected chi connectivity index (χ3v) is 3.72. The van der Waals surface area contributed by atoms with Crippen LogP contribution in [-0.2, 0) is 6.42 Å². The van der Waals surface area contributed by atoms with Crippen molar-refractivity contribution in [1.82, 2.24) is 9.78 Å². The third-order valence-electron chi connectivity index (χ3n) is 3.72. The Morgan fingerprint density at radius 2 is 1.71 bits per heavy atom. The van der Waals surface area contributed by atoms with E-state index in [4.69, 9.17) is 0 Å². The number of hydrogen-bond donors (Lipinski definition) is 1. The highest BCUT2D eigenvalue weighted by molar-refractivity contribution is 5.83. The molecule has 0 aliphatic rings. The van der Waals surface area contributed by atoms with E-state index in [-0.39, 0.29) is 5.56 Å². The van der Waals surface area contributed by atoms with Gasteiger partial charge in [0, 0.05) is 11.9 Å². The first-order valence-corrected chi connectivity index (χ1v) is 7.89. The Morgan fingerprint density at radius 1 is 1.04 bits per heavy atom. The van der Waals surface area contributed by atoms with Gasteiger partial charge in [0.1, 0.15) is 0 Å². The van der Waals surface area contributed by atoms with Gasteiger partial charge in [-0.1, -0.05) is 42.5 Å². The lowest BCUT2D eigenvalue weighted by Gasteiger charge is -2.00. The molecule has 24 heavy (non-hydrogen) atoms. The lowest BCUT2D eigenvalue weighted by atomic mass is 10.1. The summed E-state index contributed by atoms with van der Waals surface area (Å²) < 4.78 is 1.56. The summed E-state index contributed by atoms with van der Waals surface area (Å²) in [4.78, 5) is 17.2. The molecule has 0 saturated heterocycles. The van der Waals surface area contributed by atoms with Crippen molar-refractivity contribution in [1.29, 1.82) is 0 Å². The maximum atomic E-state index is 12.8. The van der Waals surface area contributed by atoms with Gasteiger partial charge in [-0.3, -0.25) is 14.9 Å². The topological polar surface area (TPSA) is 50.1 Å². The minimum atomic E-state index is -0.0973. The Balaban J connectivity index is 2.03. The molecule has 0 bridgehead atoms. The highest BCUT2D eigenvalue weighted by atomic mass is 16.1. The Kier molecular flexibility index (Phi) is 4.87. The number of hydrogen-bond acceptors (Lipinski definition) is 2. The maximum absolute atomic E-state index is 12.8. The quantitative estimate of drug-likeness (QED) is 0.541. The van der Waals surface area contributed by atoms with Gasteiger partial charge >= 0.3 is 0 Å². The molecule has 3 aromatic rings. The van der Waals surface area contributed by atoms with Crippen molar-refractivity contribution in [3.8, 4) is 5.69 Å². The highest BCUT2D eigenvalue weighted by Gasteiger charge is 2.13. The monoisotopic (exact) mass is 317 g/mol. The van der Waals surface area contributed by atoms with E-state index < -0.39 is 0 Å². The first-order valence-electron chi connectivity index (χ1n) is 7.89. The molecule has 0 unspecified atom stereocenters. The molecule has 0 fully saturated rings. The van der Waals surface area contributed by atoms with Gasteiger partial charge in [-0.2, -0.15) is 0 Å². The van der Waals surface area contributed by atoms with E-state index in [9.17, 15) is 4.79 Å². The SMILES string of the molecule is C=CCCc1[nH]n(-c2ccccc2)c(=O)c1C=Nc1ccccc1. The molecular weight excluding hydrogens is 298 g/mol. The molecule has 1 aromatic heterocycles. The largest absolute Gasteiger partial charge is 0.294 e. The van der Waals surface area contributed by atoms with E-state index in [2.05, 4.69) is 16.7 Å². The van der Waals surface area contributed by atoms with Crippen LogP contribution in [0.1, 0.15) is 17.7 Å². The van der Waals surface area contributed by atoms with E-state index in [1.807, 2.05) is 66.7 Å². The van der Waals surface area contributed by atoms with Crippen molar-refractivity contribution >= 4 is 11.9 Å². The van der Waals surface area contributed by atoms with Gasteiger partial charge in [-0.15, -0.1) is 6.58 Å². The number of nitrogens with zero attached hydrogens (tertiary/aromatic N) is 2. The Labute approximate surface area is 140 Å². The van der Waals surface area contributed by atoms with E-state index in [0.29, 0.717) is 12.0 Å². The van der Waals surface area contributed by atoms with Crippen molar-refractivity contribution in [2.45, 2.75) is 12.8 Å². The number of nitrogens with one attached hydrogen (secondary N) is 1. The number of aliphatic imine (C=N–C) groups is 1. The summed E-state index contributed by atoms with van der Waals surface area (Å²) in [7, 11) is 0. The number of para-hydroxylation sites is 2. The fraction of sp³-hybridized carbons (Fsp3) is 0.100. The molecule has 0 aliphatic heterocycles. The Hall–Kier alpha value is -3.14. The number of benzene rings is 2. The second kappa shape index (κ2) is 7.42. The van der Waals surface area contributed by atoms with Crippen molar-refractivity contribution in [2.24, 2.45) is 4.99 Å². The fourth-order valence-corrected chi connectivity index (χ4v) is 2.48. The molecule has 120 valence electrons. The van der Waals surface area contributed by atoms with E-state index in [0.717, 1.165) is 23.5 Å². The standard InChI is InChI=1S/C20H19N3O/c1-2-3-14-19-18(15-21-16-10-6-4-7-11-16)20(24)23(22-19)17-12-8-5-9-13-17/h2,4-13,15,22H,1,3,14H2. The summed E-state index contributed by atoms with van der Waals surface area (Å²) in [5.41, 5.74) is 2.98. The summed E-state index contributed by atoms with van der Waals surface area (Å²) >= 11 is 0. The lowest BCUT2D eigenvalue weighted by Crippen LogP contribution is -2.17. The number of rotatable bonds is 6. The highest BCUT2D eigenvalue weighted by Crippen LogP contribution is 2.12. The summed E-state index contributed by atoms with van der Waals surface area (Å²) in [6.45, 7) is 3.75. The zero-order chi connectivity index (χ0) is 16.8. The molecule has 4 heteroatoms. The fourth-order valence-electron chi connectivity index (χ4n) is 2.48. The van der Waals surface area contributed by atoms with Crippen molar-refractivity contribution in [3.63, 3.8) is 0 Å². The van der Waals surface area contributed by atoms with Crippen LogP contribution in [0.5, 0.6) is 0 Å². The lowest BCUT2D eigenvalue weighted by molar-refractivity contribution is 0.807. The van der Waals surface area contributed by atoms with Crippen LogP contribution in [0.2, 0.25) is 0 Å². The molecule has 4 nitrogen and oxygen atoms in total. The zero-order valence-electron chi connectivity index (χ0n) is 13.4. The summed E-state index contributed by atoms with van der Waals surface area (Å²) in [6.07, 6.45) is 5.00. The van der Waals surface area contributed by atoms with Crippen LogP contribution in [-0.4, -0.2) is 16.0 Å². The molecule has 0 radical (unpaired) electrons. The molecule has 2 aromatic carbocycles. The van der Waals surface area contributed by atoms with Crippen LogP contribution in [0.25, 0.3) is 5.69 Å². The van der Waals surface area contributed by atoms with Crippen LogP contribution in [0.3, 0.4) is 0 Å². The van der Waals surface area contributed by atoms with Crippen LogP contribution in [0.4, 0.5) is 5.69 Å². The van der Waals surface area contributed by atoms with Gasteiger partial charge in [0.25, 0.3) is 5.56 Å². The number of H-pyrrole nitrogens is 1. The number of aromatic nitrogens is 2. The number of aromatic amines is 1. The second-order valence-corrected chi connectivity index (χ2v) is 5.40. The maximum Gasteiger partial charge on any atom is 0.280 e. The van der Waals surface area contributed by atoms with E-state index in [1.165, 1.54) is 0 Å². The molecule has 3 rings (SSSR count). The first kappa shape index (κ1) is 15.7. The normalized spacial score (nSPS) is 11.0. The minimum absolute atomic E-state index is 0.0973. The smallest absolute Gasteiger partial charge is 0.280 e. The van der Waals surface area contributed by atoms with Crippen LogP contribution >= 0.6 is 0 Å². The van der Waals surface area contributed by atoms with Gasteiger partial charge in [-0.05, 0) is 37.1 Å². The molecule has 0 amide bonds. The zero-order valence-corrected chi connectivity index (χ0v) is 13.4. The molecule has 0 spiro atoms. The molecular formula is C20H19N3O. The number of allylic oxidation sites excluding steroid dienone is 1.